The molecule has 2 aromatic rings. The van der Waals surface area contributed by atoms with Crippen LogP contribution in [0.25, 0.3) is 0 Å². The molecule has 0 saturated heterocycles. The van der Waals surface area contributed by atoms with E-state index in [1.807, 2.05) is 6.92 Å². The molecule has 0 bridgehead atoms. The maximum atomic E-state index is 11.7. The zero-order chi connectivity index (χ0) is 12.3. The number of phenols is 1. The molecule has 0 aliphatic rings. The van der Waals surface area contributed by atoms with Crippen LogP contribution in [0.2, 0.25) is 0 Å². The zero-order valence-corrected chi connectivity index (χ0v) is 9.27. The SMILES string of the molecule is CCc1nc(C(=O)Nc2ccc(O)cc2)n[nH]1. The molecular formula is C11H12N4O2. The largest absolute Gasteiger partial charge is 0.508 e. The van der Waals surface area contributed by atoms with Crippen molar-refractivity contribution in [3.8, 4) is 5.75 Å². The molecule has 1 amide bonds. The van der Waals surface area contributed by atoms with E-state index >= 15 is 0 Å². The van der Waals surface area contributed by atoms with Crippen LogP contribution in [0.1, 0.15) is 23.4 Å². The van der Waals surface area contributed by atoms with Gasteiger partial charge in [0.1, 0.15) is 11.6 Å². The second kappa shape index (κ2) is 4.65. The van der Waals surface area contributed by atoms with Crippen LogP contribution in [-0.4, -0.2) is 26.2 Å². The predicted octanol–water partition coefficient (Wildman–Crippen LogP) is 1.32. The minimum Gasteiger partial charge on any atom is -0.508 e. The first-order valence-corrected chi connectivity index (χ1v) is 5.20. The molecule has 0 atom stereocenters. The van der Waals surface area contributed by atoms with E-state index in [1.165, 1.54) is 12.1 Å². The quantitative estimate of drug-likeness (QED) is 0.696. The Hall–Kier alpha value is -2.37. The fraction of sp³-hybridized carbons (Fsp3) is 0.182. The van der Waals surface area contributed by atoms with Gasteiger partial charge >= 0.3 is 0 Å². The van der Waals surface area contributed by atoms with Crippen LogP contribution in [0.15, 0.2) is 24.3 Å². The summed E-state index contributed by atoms with van der Waals surface area (Å²) >= 11 is 0. The standard InChI is InChI=1S/C11H12N4O2/c1-2-9-13-10(15-14-9)11(17)12-7-3-5-8(16)6-4-7/h3-6,16H,2H2,1H3,(H,12,17)(H,13,14,15). The Labute approximate surface area is 97.7 Å². The minimum atomic E-state index is -0.383. The number of benzene rings is 1. The number of aromatic amines is 1. The van der Waals surface area contributed by atoms with Crippen molar-refractivity contribution in [2.75, 3.05) is 5.32 Å². The first kappa shape index (κ1) is 11.1. The summed E-state index contributed by atoms with van der Waals surface area (Å²) in [4.78, 5) is 15.7. The average molecular weight is 232 g/mol. The maximum Gasteiger partial charge on any atom is 0.295 e. The number of carbonyl (C=O) groups is 1. The summed E-state index contributed by atoms with van der Waals surface area (Å²) in [5, 5.41) is 18.2. The Morgan fingerprint density at radius 3 is 2.71 bits per heavy atom. The van der Waals surface area contributed by atoms with Gasteiger partial charge in [-0.1, -0.05) is 6.92 Å². The van der Waals surface area contributed by atoms with Crippen LogP contribution < -0.4 is 5.32 Å². The summed E-state index contributed by atoms with van der Waals surface area (Å²) < 4.78 is 0. The number of rotatable bonds is 3. The summed E-state index contributed by atoms with van der Waals surface area (Å²) in [6.07, 6.45) is 0.694. The summed E-state index contributed by atoms with van der Waals surface area (Å²) in [6, 6.07) is 6.18. The Morgan fingerprint density at radius 1 is 1.41 bits per heavy atom. The lowest BCUT2D eigenvalue weighted by Gasteiger charge is -2.01. The number of aromatic nitrogens is 3. The summed E-state index contributed by atoms with van der Waals surface area (Å²) in [7, 11) is 0. The molecule has 0 saturated carbocycles. The number of nitrogens with one attached hydrogen (secondary N) is 2. The number of anilines is 1. The number of amides is 1. The summed E-state index contributed by atoms with van der Waals surface area (Å²) in [5.41, 5.74) is 0.579. The molecule has 0 aliphatic heterocycles. The number of hydrogen-bond acceptors (Lipinski definition) is 4. The Balaban J connectivity index is 2.08. The van der Waals surface area contributed by atoms with Crippen LogP contribution in [-0.2, 0) is 6.42 Å². The Bertz CT molecular complexity index is 519. The van der Waals surface area contributed by atoms with Crippen LogP contribution in [0.4, 0.5) is 5.69 Å². The van der Waals surface area contributed by atoms with E-state index in [-0.39, 0.29) is 17.5 Å². The number of H-pyrrole nitrogens is 1. The van der Waals surface area contributed by atoms with Crippen LogP contribution in [0, 0.1) is 0 Å². The molecule has 88 valence electrons. The highest BCUT2D eigenvalue weighted by Crippen LogP contribution is 2.14. The van der Waals surface area contributed by atoms with Gasteiger partial charge in [0.15, 0.2) is 0 Å². The third kappa shape index (κ3) is 2.60. The molecule has 3 N–H and O–H groups in total. The number of carbonyl (C=O) groups excluding carboxylic acids is 1. The Kier molecular flexibility index (Phi) is 3.04. The molecule has 17 heavy (non-hydrogen) atoms. The van der Waals surface area contributed by atoms with Gasteiger partial charge in [-0.2, -0.15) is 0 Å². The molecule has 6 heteroatoms. The zero-order valence-electron chi connectivity index (χ0n) is 9.27. The summed E-state index contributed by atoms with van der Waals surface area (Å²) in [6.45, 7) is 1.92. The summed E-state index contributed by atoms with van der Waals surface area (Å²) in [5.74, 6) is 0.539. The third-order valence-electron chi connectivity index (χ3n) is 2.19. The number of phenolic OH excluding ortho intramolecular Hbond substituents is 1. The second-order valence-corrected chi connectivity index (χ2v) is 3.46. The van der Waals surface area contributed by atoms with Crippen molar-refractivity contribution in [1.29, 1.82) is 0 Å². The highest BCUT2D eigenvalue weighted by atomic mass is 16.3. The molecule has 1 aromatic carbocycles. The van der Waals surface area contributed by atoms with Crippen molar-refractivity contribution in [3.05, 3.63) is 35.9 Å². The fourth-order valence-corrected chi connectivity index (χ4v) is 1.29. The van der Waals surface area contributed by atoms with E-state index in [0.29, 0.717) is 17.9 Å². The minimum absolute atomic E-state index is 0.106. The van der Waals surface area contributed by atoms with Gasteiger partial charge in [0.05, 0.1) is 0 Å². The molecule has 0 spiro atoms. The van der Waals surface area contributed by atoms with Crippen molar-refractivity contribution >= 4 is 11.6 Å². The lowest BCUT2D eigenvalue weighted by atomic mass is 10.3. The van der Waals surface area contributed by atoms with Crippen molar-refractivity contribution in [2.45, 2.75) is 13.3 Å². The third-order valence-corrected chi connectivity index (χ3v) is 2.19. The van der Waals surface area contributed by atoms with Gasteiger partial charge < -0.3 is 10.4 Å². The van der Waals surface area contributed by atoms with Crippen LogP contribution in [0.3, 0.4) is 0 Å². The van der Waals surface area contributed by atoms with Gasteiger partial charge in [-0.05, 0) is 24.3 Å². The van der Waals surface area contributed by atoms with Crippen molar-refractivity contribution in [1.82, 2.24) is 15.2 Å². The maximum absolute atomic E-state index is 11.7. The molecular weight excluding hydrogens is 220 g/mol. The van der Waals surface area contributed by atoms with Crippen molar-refractivity contribution in [2.24, 2.45) is 0 Å². The number of aromatic hydroxyl groups is 1. The van der Waals surface area contributed by atoms with E-state index in [1.54, 1.807) is 12.1 Å². The van der Waals surface area contributed by atoms with E-state index in [2.05, 4.69) is 20.5 Å². The van der Waals surface area contributed by atoms with Crippen molar-refractivity contribution in [3.63, 3.8) is 0 Å². The van der Waals surface area contributed by atoms with Crippen LogP contribution >= 0.6 is 0 Å². The molecule has 1 heterocycles. The molecule has 0 aliphatic carbocycles. The van der Waals surface area contributed by atoms with Gasteiger partial charge in [-0.3, -0.25) is 9.89 Å². The Morgan fingerprint density at radius 2 is 2.12 bits per heavy atom. The van der Waals surface area contributed by atoms with Gasteiger partial charge in [0.25, 0.3) is 5.91 Å². The first-order chi connectivity index (χ1) is 8.19. The lowest BCUT2D eigenvalue weighted by Crippen LogP contribution is -2.13. The topological polar surface area (TPSA) is 90.9 Å². The van der Waals surface area contributed by atoms with Gasteiger partial charge in [-0.15, -0.1) is 5.10 Å². The molecule has 0 radical (unpaired) electrons. The first-order valence-electron chi connectivity index (χ1n) is 5.20. The average Bonchev–Trinajstić information content (AvgIpc) is 2.81. The van der Waals surface area contributed by atoms with E-state index in [4.69, 9.17) is 5.11 Å². The van der Waals surface area contributed by atoms with E-state index < -0.39 is 0 Å². The normalized spacial score (nSPS) is 10.2. The monoisotopic (exact) mass is 232 g/mol. The van der Waals surface area contributed by atoms with E-state index in [0.717, 1.165) is 0 Å². The molecule has 0 unspecified atom stereocenters. The number of hydrogen-bond donors (Lipinski definition) is 3. The second-order valence-electron chi connectivity index (χ2n) is 3.46. The van der Waals surface area contributed by atoms with Gasteiger partial charge in [0.2, 0.25) is 5.82 Å². The molecule has 0 fully saturated rings. The fourth-order valence-electron chi connectivity index (χ4n) is 1.29. The van der Waals surface area contributed by atoms with Crippen LogP contribution in [0.5, 0.6) is 5.75 Å². The van der Waals surface area contributed by atoms with E-state index in [9.17, 15) is 4.79 Å². The highest BCUT2D eigenvalue weighted by molar-refractivity contribution is 6.01. The van der Waals surface area contributed by atoms with Gasteiger partial charge in [0, 0.05) is 12.1 Å². The molecule has 6 nitrogen and oxygen atoms in total. The molecule has 2 rings (SSSR count). The smallest absolute Gasteiger partial charge is 0.295 e. The highest BCUT2D eigenvalue weighted by Gasteiger charge is 2.11. The number of aryl methyl sites for hydroxylation is 1. The van der Waals surface area contributed by atoms with Gasteiger partial charge in [-0.25, -0.2) is 4.98 Å². The number of nitrogens with zero attached hydrogens (tertiary/aromatic N) is 2. The van der Waals surface area contributed by atoms with Crippen molar-refractivity contribution < 1.29 is 9.90 Å². The lowest BCUT2D eigenvalue weighted by molar-refractivity contribution is 0.101. The predicted molar refractivity (Wildman–Crippen MR) is 61.8 cm³/mol. The molecule has 1 aromatic heterocycles.